The number of aromatic nitrogens is 2. The van der Waals surface area contributed by atoms with E-state index in [0.717, 1.165) is 11.1 Å². The number of aliphatic carboxylic acids is 1. The van der Waals surface area contributed by atoms with Crippen LogP contribution >= 0.6 is 0 Å². The first kappa shape index (κ1) is 15.3. The van der Waals surface area contributed by atoms with Crippen molar-refractivity contribution in [2.24, 2.45) is 13.0 Å². The summed E-state index contributed by atoms with van der Waals surface area (Å²) in [7, 11) is 1.82. The first-order valence-electron chi connectivity index (χ1n) is 7.50. The van der Waals surface area contributed by atoms with Gasteiger partial charge in [0.15, 0.2) is 5.76 Å². The van der Waals surface area contributed by atoms with E-state index in [1.54, 1.807) is 28.8 Å². The highest BCUT2D eigenvalue weighted by Gasteiger charge is 2.36. The van der Waals surface area contributed by atoms with Gasteiger partial charge in [-0.3, -0.25) is 14.3 Å². The molecule has 0 aliphatic carbocycles. The van der Waals surface area contributed by atoms with Crippen LogP contribution in [0.15, 0.2) is 29.1 Å². The summed E-state index contributed by atoms with van der Waals surface area (Å²) in [5.74, 6) is -1.49. The number of rotatable bonds is 3. The van der Waals surface area contributed by atoms with E-state index in [0.29, 0.717) is 13.0 Å². The second-order valence-electron chi connectivity index (χ2n) is 6.06. The van der Waals surface area contributed by atoms with Crippen LogP contribution in [0.5, 0.6) is 0 Å². The molecule has 1 fully saturated rings. The Hall–Kier alpha value is -2.57. The summed E-state index contributed by atoms with van der Waals surface area (Å²) in [6, 6.07) is 1.73. The molecule has 7 nitrogen and oxygen atoms in total. The molecule has 1 aliphatic heterocycles. The Morgan fingerprint density at radius 3 is 2.74 bits per heavy atom. The SMILES string of the molecule is Cc1ccoc1C(=O)N1CC(C(=O)O)CC(c2cnn(C)c2)C1. The zero-order valence-corrected chi connectivity index (χ0v) is 13.1. The lowest BCUT2D eigenvalue weighted by molar-refractivity contribution is -0.143. The van der Waals surface area contributed by atoms with Crippen LogP contribution in [0, 0.1) is 12.8 Å². The van der Waals surface area contributed by atoms with Crippen LogP contribution in [0.25, 0.3) is 0 Å². The topological polar surface area (TPSA) is 88.6 Å². The quantitative estimate of drug-likeness (QED) is 0.930. The second-order valence-corrected chi connectivity index (χ2v) is 6.06. The Kier molecular flexibility index (Phi) is 3.94. The maximum absolute atomic E-state index is 12.7. The number of hydrogen-bond acceptors (Lipinski definition) is 4. The van der Waals surface area contributed by atoms with Crippen molar-refractivity contribution < 1.29 is 19.1 Å². The van der Waals surface area contributed by atoms with E-state index in [2.05, 4.69) is 5.10 Å². The van der Waals surface area contributed by atoms with Gasteiger partial charge in [-0.05, 0) is 25.0 Å². The minimum atomic E-state index is -0.882. The Balaban J connectivity index is 1.86. The third-order valence-corrected chi connectivity index (χ3v) is 4.34. The van der Waals surface area contributed by atoms with Crippen molar-refractivity contribution in [3.05, 3.63) is 41.6 Å². The fourth-order valence-electron chi connectivity index (χ4n) is 3.07. The van der Waals surface area contributed by atoms with Gasteiger partial charge in [-0.2, -0.15) is 5.10 Å². The smallest absolute Gasteiger partial charge is 0.308 e. The van der Waals surface area contributed by atoms with E-state index in [1.807, 2.05) is 13.2 Å². The van der Waals surface area contributed by atoms with Crippen LogP contribution in [0.3, 0.4) is 0 Å². The average Bonchev–Trinajstić information content (AvgIpc) is 3.14. The predicted octanol–water partition coefficient (Wildman–Crippen LogP) is 1.65. The number of furan rings is 1. The Morgan fingerprint density at radius 1 is 1.39 bits per heavy atom. The van der Waals surface area contributed by atoms with E-state index in [-0.39, 0.29) is 24.1 Å². The van der Waals surface area contributed by atoms with E-state index in [9.17, 15) is 14.7 Å². The zero-order chi connectivity index (χ0) is 16.6. The molecule has 1 aliphatic rings. The van der Waals surface area contributed by atoms with Crippen LogP contribution in [-0.4, -0.2) is 44.8 Å². The van der Waals surface area contributed by atoms with Gasteiger partial charge in [0.25, 0.3) is 5.91 Å². The second kappa shape index (κ2) is 5.91. The van der Waals surface area contributed by atoms with E-state index in [4.69, 9.17) is 4.42 Å². The van der Waals surface area contributed by atoms with E-state index < -0.39 is 11.9 Å². The lowest BCUT2D eigenvalue weighted by Crippen LogP contribution is -2.45. The molecule has 1 amide bonds. The molecule has 2 aromatic heterocycles. The molecule has 23 heavy (non-hydrogen) atoms. The number of likely N-dealkylation sites (tertiary alicyclic amines) is 1. The summed E-state index contributed by atoms with van der Waals surface area (Å²) in [6.07, 6.45) is 5.58. The highest BCUT2D eigenvalue weighted by atomic mass is 16.4. The minimum absolute atomic E-state index is 0.0437. The Labute approximate surface area is 133 Å². The molecule has 122 valence electrons. The number of amides is 1. The molecule has 0 aromatic carbocycles. The van der Waals surface area contributed by atoms with Crippen molar-refractivity contribution in [1.82, 2.24) is 14.7 Å². The lowest BCUT2D eigenvalue weighted by atomic mass is 9.85. The first-order chi connectivity index (χ1) is 11.0. The van der Waals surface area contributed by atoms with Gasteiger partial charge < -0.3 is 14.4 Å². The summed E-state index contributed by atoms with van der Waals surface area (Å²) < 4.78 is 6.95. The summed E-state index contributed by atoms with van der Waals surface area (Å²) in [4.78, 5) is 25.7. The van der Waals surface area contributed by atoms with Crippen molar-refractivity contribution in [3.63, 3.8) is 0 Å². The molecule has 1 saturated heterocycles. The minimum Gasteiger partial charge on any atom is -0.481 e. The summed E-state index contributed by atoms with van der Waals surface area (Å²) >= 11 is 0. The third kappa shape index (κ3) is 2.99. The standard InChI is InChI=1S/C16H19N3O4/c1-10-3-4-23-14(10)15(20)19-8-11(5-12(9-19)16(21)22)13-6-17-18(2)7-13/h3-4,6-7,11-12H,5,8-9H2,1-2H3,(H,21,22). The lowest BCUT2D eigenvalue weighted by Gasteiger charge is -2.35. The molecule has 1 N–H and O–H groups in total. The third-order valence-electron chi connectivity index (χ3n) is 4.34. The number of carboxylic acid groups (broad SMARTS) is 1. The van der Waals surface area contributed by atoms with Crippen molar-refractivity contribution in [2.45, 2.75) is 19.3 Å². The van der Waals surface area contributed by atoms with Crippen LogP contribution in [0.2, 0.25) is 0 Å². The highest BCUT2D eigenvalue weighted by Crippen LogP contribution is 2.31. The van der Waals surface area contributed by atoms with Crippen molar-refractivity contribution in [2.75, 3.05) is 13.1 Å². The van der Waals surface area contributed by atoms with Gasteiger partial charge in [-0.1, -0.05) is 0 Å². The zero-order valence-electron chi connectivity index (χ0n) is 13.1. The molecule has 0 bridgehead atoms. The van der Waals surface area contributed by atoms with Crippen molar-refractivity contribution in [1.29, 1.82) is 0 Å². The maximum atomic E-state index is 12.7. The molecule has 3 heterocycles. The monoisotopic (exact) mass is 317 g/mol. The van der Waals surface area contributed by atoms with Crippen LogP contribution < -0.4 is 0 Å². The normalized spacial score (nSPS) is 21.4. The van der Waals surface area contributed by atoms with Crippen LogP contribution in [0.4, 0.5) is 0 Å². The number of hydrogen-bond donors (Lipinski definition) is 1. The van der Waals surface area contributed by atoms with Crippen LogP contribution in [0.1, 0.15) is 34.0 Å². The molecule has 2 aromatic rings. The molecule has 7 heteroatoms. The van der Waals surface area contributed by atoms with Gasteiger partial charge >= 0.3 is 5.97 Å². The molecular formula is C16H19N3O4. The number of piperidine rings is 1. The van der Waals surface area contributed by atoms with Gasteiger partial charge in [-0.25, -0.2) is 0 Å². The molecule has 0 radical (unpaired) electrons. The van der Waals surface area contributed by atoms with Gasteiger partial charge in [0, 0.05) is 37.8 Å². The largest absolute Gasteiger partial charge is 0.481 e. The molecule has 3 rings (SSSR count). The fourth-order valence-corrected chi connectivity index (χ4v) is 3.07. The molecule has 0 spiro atoms. The fraction of sp³-hybridized carbons (Fsp3) is 0.438. The van der Waals surface area contributed by atoms with E-state index in [1.165, 1.54) is 6.26 Å². The van der Waals surface area contributed by atoms with Crippen LogP contribution in [-0.2, 0) is 11.8 Å². The summed E-state index contributed by atoms with van der Waals surface area (Å²) in [5, 5.41) is 13.6. The Morgan fingerprint density at radius 2 is 2.17 bits per heavy atom. The molecule has 0 saturated carbocycles. The number of carboxylic acids is 1. The molecule has 2 unspecified atom stereocenters. The van der Waals surface area contributed by atoms with Gasteiger partial charge in [0.2, 0.25) is 0 Å². The Bertz CT molecular complexity index is 733. The predicted molar refractivity (Wildman–Crippen MR) is 81.0 cm³/mol. The number of carbonyl (C=O) groups is 2. The first-order valence-corrected chi connectivity index (χ1v) is 7.50. The molecule has 2 atom stereocenters. The van der Waals surface area contributed by atoms with Gasteiger partial charge in [-0.15, -0.1) is 0 Å². The van der Waals surface area contributed by atoms with Gasteiger partial charge in [0.05, 0.1) is 18.4 Å². The highest BCUT2D eigenvalue weighted by molar-refractivity contribution is 5.93. The molecular weight excluding hydrogens is 298 g/mol. The van der Waals surface area contributed by atoms with Gasteiger partial charge in [0.1, 0.15) is 0 Å². The number of nitrogens with zero attached hydrogens (tertiary/aromatic N) is 3. The summed E-state index contributed by atoms with van der Waals surface area (Å²) in [6.45, 7) is 2.47. The maximum Gasteiger partial charge on any atom is 0.308 e. The number of aryl methyl sites for hydroxylation is 2. The van der Waals surface area contributed by atoms with Crippen molar-refractivity contribution >= 4 is 11.9 Å². The summed E-state index contributed by atoms with van der Waals surface area (Å²) in [5.41, 5.74) is 1.71. The van der Waals surface area contributed by atoms with Crippen molar-refractivity contribution in [3.8, 4) is 0 Å². The number of carbonyl (C=O) groups excluding carboxylic acids is 1. The average molecular weight is 317 g/mol. The van der Waals surface area contributed by atoms with E-state index >= 15 is 0 Å².